The van der Waals surface area contributed by atoms with E-state index in [-0.39, 0.29) is 5.91 Å². The molecule has 0 bridgehead atoms. The van der Waals surface area contributed by atoms with Gasteiger partial charge in [0.15, 0.2) is 0 Å². The molecular formula is C30H26N2O4. The fourth-order valence-electron chi connectivity index (χ4n) is 4.53. The van der Waals surface area contributed by atoms with Gasteiger partial charge in [-0.1, -0.05) is 30.3 Å². The number of hydrogen-bond donors (Lipinski definition) is 1. The third-order valence-electron chi connectivity index (χ3n) is 6.29. The molecule has 180 valence electrons. The summed E-state index contributed by atoms with van der Waals surface area (Å²) in [6.45, 7) is 3.86. The van der Waals surface area contributed by atoms with E-state index in [0.717, 1.165) is 55.4 Å². The minimum Gasteiger partial charge on any atom is -0.497 e. The zero-order valence-electron chi connectivity index (χ0n) is 20.6. The SMILES string of the molecule is COc1cccc(-c2coc3c(C)c(OC)c(/C(C)=C/C(=O)Nc4cccc5cccnc45)cc23)c1. The summed E-state index contributed by atoms with van der Waals surface area (Å²) in [7, 11) is 3.27. The first-order chi connectivity index (χ1) is 17.5. The van der Waals surface area contributed by atoms with Crippen molar-refractivity contribution in [2.75, 3.05) is 19.5 Å². The number of ether oxygens (including phenoxy) is 2. The lowest BCUT2D eigenvalue weighted by Gasteiger charge is -2.13. The van der Waals surface area contributed by atoms with Crippen LogP contribution in [0.3, 0.4) is 0 Å². The topological polar surface area (TPSA) is 73.6 Å². The Kier molecular flexibility index (Phi) is 6.17. The van der Waals surface area contributed by atoms with Crippen LogP contribution in [-0.4, -0.2) is 25.1 Å². The molecule has 3 aromatic carbocycles. The minimum absolute atomic E-state index is 0.245. The van der Waals surface area contributed by atoms with Crippen molar-refractivity contribution in [2.24, 2.45) is 0 Å². The number of amides is 1. The number of furan rings is 1. The van der Waals surface area contributed by atoms with Gasteiger partial charge in [0.25, 0.3) is 0 Å². The van der Waals surface area contributed by atoms with Crippen LogP contribution in [0.2, 0.25) is 0 Å². The largest absolute Gasteiger partial charge is 0.497 e. The Hall–Kier alpha value is -4.58. The Balaban J connectivity index is 1.55. The number of aromatic nitrogens is 1. The second-order valence-corrected chi connectivity index (χ2v) is 8.54. The standard InChI is InChI=1S/C30H26N2O4/c1-18(14-27(33)32-26-12-6-8-20-10-7-13-31-28(20)26)23-16-24-25(21-9-5-11-22(15-21)34-3)17-36-30(24)19(2)29(23)35-4/h5-17H,1-4H3,(H,32,33)/b18-14+. The number of allylic oxidation sites excluding steroid dienone is 1. The van der Waals surface area contributed by atoms with E-state index in [4.69, 9.17) is 13.9 Å². The predicted octanol–water partition coefficient (Wildman–Crippen LogP) is 7.02. The molecule has 0 aliphatic carbocycles. The first kappa shape index (κ1) is 23.2. The maximum absolute atomic E-state index is 13.0. The normalized spacial score (nSPS) is 11.6. The molecule has 6 heteroatoms. The molecule has 6 nitrogen and oxygen atoms in total. The summed E-state index contributed by atoms with van der Waals surface area (Å²) >= 11 is 0. The molecule has 0 aliphatic rings. The van der Waals surface area contributed by atoms with Crippen molar-refractivity contribution in [3.8, 4) is 22.6 Å². The molecule has 2 heterocycles. The lowest BCUT2D eigenvalue weighted by molar-refractivity contribution is -0.111. The van der Waals surface area contributed by atoms with Gasteiger partial charge in [0, 0.05) is 39.7 Å². The van der Waals surface area contributed by atoms with Crippen molar-refractivity contribution < 1.29 is 18.7 Å². The number of nitrogens with zero attached hydrogens (tertiary/aromatic N) is 1. The molecule has 1 amide bonds. The van der Waals surface area contributed by atoms with Gasteiger partial charge >= 0.3 is 0 Å². The van der Waals surface area contributed by atoms with E-state index in [9.17, 15) is 4.79 Å². The van der Waals surface area contributed by atoms with Crippen LogP contribution in [0, 0.1) is 6.92 Å². The highest BCUT2D eigenvalue weighted by Crippen LogP contribution is 2.41. The number of aryl methyl sites for hydroxylation is 1. The average Bonchev–Trinajstić information content (AvgIpc) is 3.33. The van der Waals surface area contributed by atoms with E-state index < -0.39 is 0 Å². The van der Waals surface area contributed by atoms with E-state index in [1.54, 1.807) is 32.8 Å². The van der Waals surface area contributed by atoms with Crippen LogP contribution in [0.5, 0.6) is 11.5 Å². The number of nitrogens with one attached hydrogen (secondary N) is 1. The first-order valence-corrected chi connectivity index (χ1v) is 11.6. The lowest BCUT2D eigenvalue weighted by atomic mass is 9.96. The Labute approximate surface area is 209 Å². The number of benzene rings is 3. The van der Waals surface area contributed by atoms with Crippen molar-refractivity contribution in [1.29, 1.82) is 0 Å². The monoisotopic (exact) mass is 478 g/mol. The molecule has 0 atom stereocenters. The molecule has 1 N–H and O–H groups in total. The smallest absolute Gasteiger partial charge is 0.248 e. The summed E-state index contributed by atoms with van der Waals surface area (Å²) in [6, 6.07) is 19.4. The summed E-state index contributed by atoms with van der Waals surface area (Å²) in [6.07, 6.45) is 5.04. The number of rotatable bonds is 6. The number of para-hydroxylation sites is 1. The van der Waals surface area contributed by atoms with Crippen molar-refractivity contribution in [1.82, 2.24) is 4.98 Å². The fraction of sp³-hybridized carbons (Fsp3) is 0.133. The van der Waals surface area contributed by atoms with E-state index in [2.05, 4.69) is 10.3 Å². The van der Waals surface area contributed by atoms with Crippen LogP contribution in [0.4, 0.5) is 5.69 Å². The van der Waals surface area contributed by atoms with E-state index in [1.165, 1.54) is 0 Å². The Morgan fingerprint density at radius 2 is 1.83 bits per heavy atom. The highest BCUT2D eigenvalue weighted by molar-refractivity contribution is 6.09. The van der Waals surface area contributed by atoms with Crippen LogP contribution < -0.4 is 14.8 Å². The van der Waals surface area contributed by atoms with Gasteiger partial charge < -0.3 is 19.2 Å². The van der Waals surface area contributed by atoms with Gasteiger partial charge in [-0.2, -0.15) is 0 Å². The molecule has 0 fully saturated rings. The number of hydrogen-bond acceptors (Lipinski definition) is 5. The van der Waals surface area contributed by atoms with Gasteiger partial charge in [0.1, 0.15) is 17.1 Å². The number of carbonyl (C=O) groups excluding carboxylic acids is 1. The van der Waals surface area contributed by atoms with Crippen molar-refractivity contribution in [2.45, 2.75) is 13.8 Å². The molecule has 0 unspecified atom stereocenters. The third kappa shape index (κ3) is 4.18. The number of carbonyl (C=O) groups is 1. The second-order valence-electron chi connectivity index (χ2n) is 8.54. The average molecular weight is 479 g/mol. The molecular weight excluding hydrogens is 452 g/mol. The van der Waals surface area contributed by atoms with Crippen molar-refractivity contribution in [3.05, 3.63) is 90.3 Å². The minimum atomic E-state index is -0.245. The summed E-state index contributed by atoms with van der Waals surface area (Å²) < 4.78 is 17.1. The highest BCUT2D eigenvalue weighted by Gasteiger charge is 2.19. The quantitative estimate of drug-likeness (QED) is 0.266. The summed E-state index contributed by atoms with van der Waals surface area (Å²) in [5.74, 6) is 1.19. The van der Waals surface area contributed by atoms with Gasteiger partial charge in [-0.3, -0.25) is 9.78 Å². The lowest BCUT2D eigenvalue weighted by Crippen LogP contribution is -2.09. The van der Waals surface area contributed by atoms with Crippen LogP contribution in [0.25, 0.3) is 38.6 Å². The predicted molar refractivity (Wildman–Crippen MR) is 144 cm³/mol. The van der Waals surface area contributed by atoms with Crippen LogP contribution in [0.15, 0.2) is 83.6 Å². The maximum Gasteiger partial charge on any atom is 0.248 e. The summed E-state index contributed by atoms with van der Waals surface area (Å²) in [5, 5.41) is 4.86. The van der Waals surface area contributed by atoms with Gasteiger partial charge in [-0.15, -0.1) is 0 Å². The molecule has 5 rings (SSSR count). The Morgan fingerprint density at radius 1 is 1.03 bits per heavy atom. The molecule has 0 aliphatic heterocycles. The van der Waals surface area contributed by atoms with E-state index in [0.29, 0.717) is 11.4 Å². The second kappa shape index (κ2) is 9.58. The highest BCUT2D eigenvalue weighted by atomic mass is 16.5. The molecule has 36 heavy (non-hydrogen) atoms. The molecule has 0 spiro atoms. The first-order valence-electron chi connectivity index (χ1n) is 11.6. The summed E-state index contributed by atoms with van der Waals surface area (Å²) in [5.41, 5.74) is 6.52. The number of fused-ring (bicyclic) bond motifs is 2. The zero-order chi connectivity index (χ0) is 25.2. The fourth-order valence-corrected chi connectivity index (χ4v) is 4.53. The van der Waals surface area contributed by atoms with Crippen LogP contribution in [0.1, 0.15) is 18.1 Å². The maximum atomic E-state index is 13.0. The third-order valence-corrected chi connectivity index (χ3v) is 6.29. The van der Waals surface area contributed by atoms with Crippen LogP contribution in [-0.2, 0) is 4.79 Å². The number of methoxy groups -OCH3 is 2. The molecule has 0 saturated carbocycles. The van der Waals surface area contributed by atoms with Crippen molar-refractivity contribution in [3.63, 3.8) is 0 Å². The van der Waals surface area contributed by atoms with E-state index >= 15 is 0 Å². The zero-order valence-corrected chi connectivity index (χ0v) is 20.6. The Bertz CT molecular complexity index is 1630. The van der Waals surface area contributed by atoms with E-state index in [1.807, 2.05) is 74.5 Å². The van der Waals surface area contributed by atoms with Crippen molar-refractivity contribution >= 4 is 39.0 Å². The van der Waals surface area contributed by atoms with Gasteiger partial charge in [-0.25, -0.2) is 0 Å². The van der Waals surface area contributed by atoms with Crippen LogP contribution >= 0.6 is 0 Å². The van der Waals surface area contributed by atoms with Gasteiger partial charge in [0.05, 0.1) is 31.7 Å². The molecule has 0 radical (unpaired) electrons. The number of pyridine rings is 1. The molecule has 2 aromatic heterocycles. The Morgan fingerprint density at radius 3 is 2.64 bits per heavy atom. The number of anilines is 1. The van der Waals surface area contributed by atoms with Gasteiger partial charge in [-0.05, 0) is 55.3 Å². The summed E-state index contributed by atoms with van der Waals surface area (Å²) in [4.78, 5) is 17.4. The van der Waals surface area contributed by atoms with Gasteiger partial charge in [0.2, 0.25) is 5.91 Å². The molecule has 0 saturated heterocycles. The molecule has 5 aromatic rings.